The number of hydrogen-bond acceptors (Lipinski definition) is 3. The number of aliphatic hydroxyl groups is 1. The summed E-state index contributed by atoms with van der Waals surface area (Å²) < 4.78 is 5.35. The van der Waals surface area contributed by atoms with Gasteiger partial charge in [0.2, 0.25) is 0 Å². The number of carbonyl (C=O) groups excluding carboxylic acids is 1. The molecule has 0 radical (unpaired) electrons. The van der Waals surface area contributed by atoms with E-state index in [1.54, 1.807) is 4.90 Å². The maximum Gasteiger partial charge on any atom is 0.411 e. The Hall–Kier alpha value is -2.55. The fourth-order valence-corrected chi connectivity index (χ4v) is 3.68. The van der Waals surface area contributed by atoms with E-state index in [2.05, 4.69) is 31.1 Å². The Balaban J connectivity index is 2.02. The first-order valence-corrected chi connectivity index (χ1v) is 12.6. The molecule has 0 bridgehead atoms. The molecule has 27 heavy (non-hydrogen) atoms. The Labute approximate surface area is 161 Å². The fraction of sp³-hybridized carbons (Fsp3) is 0.318. The summed E-state index contributed by atoms with van der Waals surface area (Å²) in [5.41, 5.74) is 5.03. The smallest absolute Gasteiger partial charge is 0.411 e. The molecule has 1 aliphatic rings. The molecule has 5 heteroatoms. The molecule has 4 nitrogen and oxygen atoms in total. The molecule has 2 aromatic carbocycles. The fourth-order valence-electron chi connectivity index (χ4n) is 3.10. The maximum atomic E-state index is 12.6. The molecule has 1 fully saturated rings. The molecule has 1 heterocycles. The van der Waals surface area contributed by atoms with Crippen LogP contribution in [-0.4, -0.2) is 36.8 Å². The summed E-state index contributed by atoms with van der Waals surface area (Å²) in [5.74, 6) is 3.22. The van der Waals surface area contributed by atoms with Crippen molar-refractivity contribution < 1.29 is 14.6 Å². The van der Waals surface area contributed by atoms with Crippen molar-refractivity contribution in [1.82, 2.24) is 4.90 Å². The summed E-state index contributed by atoms with van der Waals surface area (Å²) in [7, 11) is -1.69. The van der Waals surface area contributed by atoms with Crippen molar-refractivity contribution in [3.8, 4) is 11.5 Å². The normalized spacial score (nSPS) is 19.0. The minimum absolute atomic E-state index is 0.259. The highest BCUT2D eigenvalue weighted by Crippen LogP contribution is 2.34. The highest BCUT2D eigenvalue weighted by molar-refractivity contribution is 6.83. The van der Waals surface area contributed by atoms with Gasteiger partial charge in [-0.1, -0.05) is 86.2 Å². The van der Waals surface area contributed by atoms with E-state index in [9.17, 15) is 9.90 Å². The second kappa shape index (κ2) is 7.99. The molecule has 2 aromatic rings. The third kappa shape index (κ3) is 4.59. The van der Waals surface area contributed by atoms with Gasteiger partial charge in [0.15, 0.2) is 0 Å². The Bertz CT molecular complexity index is 837. The second-order valence-corrected chi connectivity index (χ2v) is 12.5. The number of amides is 1. The van der Waals surface area contributed by atoms with Gasteiger partial charge in [-0.05, 0) is 11.1 Å². The number of hydrogen-bond donors (Lipinski definition) is 1. The van der Waals surface area contributed by atoms with E-state index >= 15 is 0 Å². The first-order valence-electron chi connectivity index (χ1n) is 9.12. The zero-order valence-electron chi connectivity index (χ0n) is 15.9. The predicted molar refractivity (Wildman–Crippen MR) is 109 cm³/mol. The molecule has 0 aromatic heterocycles. The summed E-state index contributed by atoms with van der Waals surface area (Å²) >= 11 is 0. The second-order valence-electron chi connectivity index (χ2n) is 7.73. The quantitative estimate of drug-likeness (QED) is 0.641. The molecule has 0 aliphatic carbocycles. The summed E-state index contributed by atoms with van der Waals surface area (Å²) in [6.45, 7) is 6.68. The van der Waals surface area contributed by atoms with Gasteiger partial charge < -0.3 is 9.84 Å². The van der Waals surface area contributed by atoms with Crippen LogP contribution in [0.3, 0.4) is 0 Å². The molecule has 1 N–H and O–H groups in total. The van der Waals surface area contributed by atoms with E-state index in [0.717, 1.165) is 11.1 Å². The minimum atomic E-state index is -1.69. The van der Waals surface area contributed by atoms with Gasteiger partial charge >= 0.3 is 6.09 Å². The molecule has 1 amide bonds. The molecular formula is C22H25NO3Si. The molecule has 1 saturated heterocycles. The average Bonchev–Trinajstić information content (AvgIpc) is 3.04. The van der Waals surface area contributed by atoms with E-state index in [1.807, 2.05) is 60.7 Å². The Kier molecular flexibility index (Phi) is 5.69. The molecule has 3 rings (SSSR count). The molecule has 0 spiro atoms. The van der Waals surface area contributed by atoms with Gasteiger partial charge in [-0.2, -0.15) is 0 Å². The topological polar surface area (TPSA) is 49.8 Å². The number of nitrogens with zero attached hydrogens (tertiary/aromatic N) is 1. The Morgan fingerprint density at radius 2 is 1.67 bits per heavy atom. The molecule has 140 valence electrons. The molecule has 3 atom stereocenters. The van der Waals surface area contributed by atoms with Gasteiger partial charge in [0.25, 0.3) is 0 Å². The maximum absolute atomic E-state index is 12.6. The van der Waals surface area contributed by atoms with Gasteiger partial charge in [0, 0.05) is 0 Å². The van der Waals surface area contributed by atoms with E-state index < -0.39 is 26.3 Å². The third-order valence-corrected chi connectivity index (χ3v) is 5.32. The van der Waals surface area contributed by atoms with E-state index in [4.69, 9.17) is 4.74 Å². The monoisotopic (exact) mass is 379 g/mol. The number of benzene rings is 2. The van der Waals surface area contributed by atoms with Crippen LogP contribution in [0.15, 0.2) is 60.7 Å². The van der Waals surface area contributed by atoms with Crippen LogP contribution in [0.4, 0.5) is 4.79 Å². The number of carbonyl (C=O) groups is 1. The summed E-state index contributed by atoms with van der Waals surface area (Å²) in [4.78, 5) is 14.2. The van der Waals surface area contributed by atoms with E-state index in [-0.39, 0.29) is 12.6 Å². The van der Waals surface area contributed by atoms with Gasteiger partial charge in [-0.3, -0.25) is 4.90 Å². The van der Waals surface area contributed by atoms with Crippen molar-refractivity contribution in [3.05, 3.63) is 71.8 Å². The van der Waals surface area contributed by atoms with Crippen LogP contribution in [0.25, 0.3) is 0 Å². The van der Waals surface area contributed by atoms with Gasteiger partial charge in [0.05, 0.1) is 6.04 Å². The minimum Gasteiger partial charge on any atom is -0.447 e. The van der Waals surface area contributed by atoms with Crippen molar-refractivity contribution in [2.75, 3.05) is 6.61 Å². The lowest BCUT2D eigenvalue weighted by Crippen LogP contribution is -2.41. The predicted octanol–water partition coefficient (Wildman–Crippen LogP) is 4.16. The lowest BCUT2D eigenvalue weighted by Gasteiger charge is -2.31. The zero-order chi connectivity index (χ0) is 19.4. The SMILES string of the molecule is C[Si](C)(C)C#C[C@@H]([C@H](O)c1ccccc1)N1C(=O)OC[C@H]1c1ccccc1. The van der Waals surface area contributed by atoms with Crippen LogP contribution in [0.5, 0.6) is 0 Å². The van der Waals surface area contributed by atoms with Crippen molar-refractivity contribution >= 4 is 14.2 Å². The van der Waals surface area contributed by atoms with Crippen LogP contribution >= 0.6 is 0 Å². The number of aliphatic hydroxyl groups excluding tert-OH is 1. The van der Waals surface area contributed by atoms with Gasteiger partial charge in [-0.15, -0.1) is 5.54 Å². The van der Waals surface area contributed by atoms with Gasteiger partial charge in [0.1, 0.15) is 26.8 Å². The average molecular weight is 380 g/mol. The molecule has 0 saturated carbocycles. The van der Waals surface area contributed by atoms with Crippen LogP contribution in [0.1, 0.15) is 23.3 Å². The number of rotatable bonds is 4. The summed E-state index contributed by atoms with van der Waals surface area (Å²) in [5, 5.41) is 11.1. The molecular weight excluding hydrogens is 354 g/mol. The van der Waals surface area contributed by atoms with Crippen molar-refractivity contribution in [1.29, 1.82) is 0 Å². The third-order valence-electron chi connectivity index (χ3n) is 4.43. The summed E-state index contributed by atoms with van der Waals surface area (Å²) in [6, 6.07) is 18.2. The first-order chi connectivity index (χ1) is 12.9. The van der Waals surface area contributed by atoms with Crippen LogP contribution in [0, 0.1) is 11.5 Å². The number of ether oxygens (including phenoxy) is 1. The number of cyclic esters (lactones) is 1. The van der Waals surface area contributed by atoms with Crippen LogP contribution < -0.4 is 0 Å². The largest absolute Gasteiger partial charge is 0.447 e. The highest BCUT2D eigenvalue weighted by Gasteiger charge is 2.41. The lowest BCUT2D eigenvalue weighted by atomic mass is 9.98. The van der Waals surface area contributed by atoms with Gasteiger partial charge in [-0.25, -0.2) is 4.79 Å². The Morgan fingerprint density at radius 1 is 1.07 bits per heavy atom. The van der Waals surface area contributed by atoms with Crippen molar-refractivity contribution in [2.45, 2.75) is 37.8 Å². The van der Waals surface area contributed by atoms with Crippen molar-refractivity contribution in [3.63, 3.8) is 0 Å². The van der Waals surface area contributed by atoms with Crippen LogP contribution in [0.2, 0.25) is 19.6 Å². The molecule has 0 unspecified atom stereocenters. The first kappa shape index (κ1) is 19.2. The molecule has 1 aliphatic heterocycles. The van der Waals surface area contributed by atoms with E-state index in [1.165, 1.54) is 0 Å². The standard InChI is InChI=1S/C22H25NO3Si/c1-27(2,3)15-14-19(21(24)18-12-8-5-9-13-18)23-20(16-26-22(23)25)17-10-6-4-7-11-17/h4-13,19-21,24H,16H2,1-3H3/t19-,20-,21+/m0/s1. The Morgan fingerprint density at radius 3 is 2.26 bits per heavy atom. The van der Waals surface area contributed by atoms with E-state index in [0.29, 0.717) is 0 Å². The van der Waals surface area contributed by atoms with Crippen molar-refractivity contribution in [2.24, 2.45) is 0 Å². The van der Waals surface area contributed by atoms with Crippen LogP contribution in [-0.2, 0) is 4.74 Å². The summed E-state index contributed by atoms with van der Waals surface area (Å²) in [6.07, 6.45) is -1.35. The highest BCUT2D eigenvalue weighted by atomic mass is 28.3. The lowest BCUT2D eigenvalue weighted by molar-refractivity contribution is 0.0818. The zero-order valence-corrected chi connectivity index (χ0v) is 16.9.